The molecule has 1 fully saturated rings. The maximum absolute atomic E-state index is 11.2. The second kappa shape index (κ2) is 8.93. The average molecular weight is 302 g/mol. The van der Waals surface area contributed by atoms with Crippen molar-refractivity contribution in [2.45, 2.75) is 32.4 Å². The SMILES string of the molecule is C[C@@H](N)C(=O)NCCN1CCOC(C)(C)C1.Cl.Cl. The van der Waals surface area contributed by atoms with Gasteiger partial charge in [0, 0.05) is 26.2 Å². The van der Waals surface area contributed by atoms with Crippen LogP contribution in [-0.4, -0.2) is 55.2 Å². The number of nitrogens with zero attached hydrogens (tertiary/aromatic N) is 1. The molecular formula is C11H25Cl2N3O2. The molecule has 0 aromatic rings. The third kappa shape index (κ3) is 7.38. The highest BCUT2D eigenvalue weighted by molar-refractivity contribution is 5.85. The van der Waals surface area contributed by atoms with Crippen LogP contribution in [0.5, 0.6) is 0 Å². The summed E-state index contributed by atoms with van der Waals surface area (Å²) in [6.45, 7) is 9.95. The second-order valence-electron chi connectivity index (χ2n) is 4.96. The van der Waals surface area contributed by atoms with Crippen molar-refractivity contribution in [1.29, 1.82) is 0 Å². The van der Waals surface area contributed by atoms with Gasteiger partial charge >= 0.3 is 0 Å². The molecule has 0 unspecified atom stereocenters. The second-order valence-corrected chi connectivity index (χ2v) is 4.96. The van der Waals surface area contributed by atoms with E-state index in [4.69, 9.17) is 10.5 Å². The van der Waals surface area contributed by atoms with Crippen molar-refractivity contribution in [2.75, 3.05) is 32.8 Å². The molecule has 1 aliphatic heterocycles. The minimum Gasteiger partial charge on any atom is -0.373 e. The molecule has 1 atom stereocenters. The van der Waals surface area contributed by atoms with E-state index in [1.165, 1.54) is 0 Å². The van der Waals surface area contributed by atoms with Crippen molar-refractivity contribution in [3.63, 3.8) is 0 Å². The summed E-state index contributed by atoms with van der Waals surface area (Å²) in [6, 6.07) is -0.430. The van der Waals surface area contributed by atoms with Crippen LogP contribution in [0.15, 0.2) is 0 Å². The summed E-state index contributed by atoms with van der Waals surface area (Å²) in [7, 11) is 0. The van der Waals surface area contributed by atoms with E-state index in [1.807, 2.05) is 0 Å². The summed E-state index contributed by atoms with van der Waals surface area (Å²) in [5.41, 5.74) is 5.37. The van der Waals surface area contributed by atoms with Gasteiger partial charge in [0.25, 0.3) is 0 Å². The number of halogens is 2. The topological polar surface area (TPSA) is 67.6 Å². The van der Waals surface area contributed by atoms with E-state index in [1.54, 1.807) is 6.92 Å². The predicted octanol–water partition coefficient (Wildman–Crippen LogP) is 0.404. The van der Waals surface area contributed by atoms with Crippen molar-refractivity contribution >= 4 is 30.7 Å². The molecular weight excluding hydrogens is 277 g/mol. The van der Waals surface area contributed by atoms with Crippen LogP contribution < -0.4 is 11.1 Å². The van der Waals surface area contributed by atoms with Crippen molar-refractivity contribution in [3.8, 4) is 0 Å². The summed E-state index contributed by atoms with van der Waals surface area (Å²) >= 11 is 0. The minimum atomic E-state index is -0.430. The van der Waals surface area contributed by atoms with E-state index in [2.05, 4.69) is 24.1 Å². The number of hydrogen-bond donors (Lipinski definition) is 2. The average Bonchev–Trinajstić information content (AvgIpc) is 2.15. The van der Waals surface area contributed by atoms with Crippen LogP contribution in [0.3, 0.4) is 0 Å². The smallest absolute Gasteiger partial charge is 0.236 e. The summed E-state index contributed by atoms with van der Waals surface area (Å²) < 4.78 is 5.61. The molecule has 7 heteroatoms. The molecule has 0 radical (unpaired) electrons. The van der Waals surface area contributed by atoms with Gasteiger partial charge in [-0.2, -0.15) is 0 Å². The first-order valence-corrected chi connectivity index (χ1v) is 5.80. The fraction of sp³-hybridized carbons (Fsp3) is 0.909. The Bertz CT molecular complexity index is 250. The molecule has 1 amide bonds. The van der Waals surface area contributed by atoms with Crippen LogP contribution in [-0.2, 0) is 9.53 Å². The quantitative estimate of drug-likeness (QED) is 0.789. The van der Waals surface area contributed by atoms with Crippen molar-refractivity contribution < 1.29 is 9.53 Å². The Kier molecular flexibility index (Phi) is 10.1. The fourth-order valence-electron chi connectivity index (χ4n) is 1.80. The maximum Gasteiger partial charge on any atom is 0.236 e. The summed E-state index contributed by atoms with van der Waals surface area (Å²) in [5.74, 6) is -0.0903. The molecule has 1 rings (SSSR count). The molecule has 0 aromatic heterocycles. The highest BCUT2D eigenvalue weighted by Gasteiger charge is 2.26. The lowest BCUT2D eigenvalue weighted by molar-refractivity contribution is -0.122. The Morgan fingerprint density at radius 1 is 1.50 bits per heavy atom. The normalized spacial score (nSPS) is 20.2. The van der Waals surface area contributed by atoms with Gasteiger partial charge in [0.05, 0.1) is 18.2 Å². The van der Waals surface area contributed by atoms with Gasteiger partial charge in [0.2, 0.25) is 5.91 Å². The fourth-order valence-corrected chi connectivity index (χ4v) is 1.80. The van der Waals surface area contributed by atoms with Crippen LogP contribution in [0.4, 0.5) is 0 Å². The zero-order chi connectivity index (χ0) is 12.2. The Morgan fingerprint density at radius 2 is 2.11 bits per heavy atom. The third-order valence-electron chi connectivity index (χ3n) is 2.65. The maximum atomic E-state index is 11.2. The lowest BCUT2D eigenvalue weighted by Crippen LogP contribution is -2.50. The van der Waals surface area contributed by atoms with Gasteiger partial charge in [-0.3, -0.25) is 9.69 Å². The Hall–Kier alpha value is -0.0700. The highest BCUT2D eigenvalue weighted by atomic mass is 35.5. The number of morpholine rings is 1. The van der Waals surface area contributed by atoms with Crippen LogP contribution in [0, 0.1) is 0 Å². The predicted molar refractivity (Wildman–Crippen MR) is 77.6 cm³/mol. The summed E-state index contributed by atoms with van der Waals surface area (Å²) in [6.07, 6.45) is 0. The summed E-state index contributed by atoms with van der Waals surface area (Å²) in [5, 5.41) is 2.81. The third-order valence-corrected chi connectivity index (χ3v) is 2.65. The van der Waals surface area contributed by atoms with Crippen molar-refractivity contribution in [2.24, 2.45) is 5.73 Å². The number of ether oxygens (including phenoxy) is 1. The van der Waals surface area contributed by atoms with E-state index >= 15 is 0 Å². The number of nitrogens with one attached hydrogen (secondary N) is 1. The summed E-state index contributed by atoms with van der Waals surface area (Å²) in [4.78, 5) is 13.5. The van der Waals surface area contributed by atoms with Crippen LogP contribution in [0.2, 0.25) is 0 Å². The Labute approximate surface area is 122 Å². The first kappa shape index (κ1) is 20.3. The molecule has 3 N–H and O–H groups in total. The molecule has 0 spiro atoms. The molecule has 1 heterocycles. The van der Waals surface area contributed by atoms with E-state index in [0.29, 0.717) is 6.54 Å². The molecule has 1 saturated heterocycles. The molecule has 110 valence electrons. The van der Waals surface area contributed by atoms with Crippen molar-refractivity contribution in [3.05, 3.63) is 0 Å². The minimum absolute atomic E-state index is 0. The Balaban J connectivity index is 0. The lowest BCUT2D eigenvalue weighted by atomic mass is 10.1. The zero-order valence-electron chi connectivity index (χ0n) is 11.3. The van der Waals surface area contributed by atoms with Gasteiger partial charge in [-0.1, -0.05) is 0 Å². The number of carbonyl (C=O) groups is 1. The molecule has 0 aromatic carbocycles. The van der Waals surface area contributed by atoms with Gasteiger partial charge in [0.1, 0.15) is 0 Å². The van der Waals surface area contributed by atoms with Crippen molar-refractivity contribution in [1.82, 2.24) is 10.2 Å². The van der Waals surface area contributed by atoms with Gasteiger partial charge in [-0.25, -0.2) is 0 Å². The molecule has 0 saturated carbocycles. The van der Waals surface area contributed by atoms with Crippen LogP contribution >= 0.6 is 24.8 Å². The number of carbonyl (C=O) groups excluding carboxylic acids is 1. The Morgan fingerprint density at radius 3 is 2.61 bits per heavy atom. The highest BCUT2D eigenvalue weighted by Crippen LogP contribution is 2.15. The first-order valence-electron chi connectivity index (χ1n) is 5.80. The van der Waals surface area contributed by atoms with Gasteiger partial charge in [-0.05, 0) is 20.8 Å². The molecule has 1 aliphatic rings. The molecule has 0 bridgehead atoms. The molecule has 0 aliphatic carbocycles. The lowest BCUT2D eigenvalue weighted by Gasteiger charge is -2.38. The molecule has 18 heavy (non-hydrogen) atoms. The van der Waals surface area contributed by atoms with E-state index < -0.39 is 6.04 Å². The van der Waals surface area contributed by atoms with E-state index in [0.717, 1.165) is 26.2 Å². The molecule has 5 nitrogen and oxygen atoms in total. The van der Waals surface area contributed by atoms with Gasteiger partial charge in [0.15, 0.2) is 0 Å². The number of hydrogen-bond acceptors (Lipinski definition) is 4. The standard InChI is InChI=1S/C11H23N3O2.2ClH/c1-9(12)10(15)13-4-5-14-6-7-16-11(2,3)8-14;;/h9H,4-8,12H2,1-3H3,(H,13,15);2*1H/t9-;;/m1../s1. The zero-order valence-corrected chi connectivity index (χ0v) is 12.9. The van der Waals surface area contributed by atoms with E-state index in [9.17, 15) is 4.79 Å². The van der Waals surface area contributed by atoms with Crippen LogP contribution in [0.25, 0.3) is 0 Å². The number of nitrogens with two attached hydrogens (primary N) is 1. The number of amides is 1. The van der Waals surface area contributed by atoms with Gasteiger partial charge in [-0.15, -0.1) is 24.8 Å². The first-order chi connectivity index (χ1) is 7.41. The number of rotatable bonds is 4. The van der Waals surface area contributed by atoms with E-state index in [-0.39, 0.29) is 36.3 Å². The van der Waals surface area contributed by atoms with Crippen LogP contribution in [0.1, 0.15) is 20.8 Å². The largest absolute Gasteiger partial charge is 0.373 e. The van der Waals surface area contributed by atoms with Gasteiger partial charge < -0.3 is 15.8 Å². The monoisotopic (exact) mass is 301 g/mol.